The second-order valence-electron chi connectivity index (χ2n) is 7.65. The van der Waals surface area contributed by atoms with Crippen molar-refractivity contribution in [2.45, 2.75) is 109 Å². The summed E-state index contributed by atoms with van der Waals surface area (Å²) in [5, 5.41) is 0. The second-order valence-corrected chi connectivity index (χ2v) is 7.65. The van der Waals surface area contributed by atoms with Gasteiger partial charge in [0.2, 0.25) is 0 Å². The van der Waals surface area contributed by atoms with Crippen LogP contribution in [0, 0.1) is 0 Å². The van der Waals surface area contributed by atoms with E-state index in [4.69, 9.17) is 14.2 Å². The van der Waals surface area contributed by atoms with Gasteiger partial charge < -0.3 is 18.9 Å². The topological polar surface area (TPSA) is 54.0 Å². The van der Waals surface area contributed by atoms with E-state index in [-0.39, 0.29) is 19.5 Å². The highest BCUT2D eigenvalue weighted by atomic mass is 16.8. The summed E-state index contributed by atoms with van der Waals surface area (Å²) in [7, 11) is 0. The van der Waals surface area contributed by atoms with Crippen molar-refractivity contribution in [3.8, 4) is 0 Å². The molecule has 0 amide bonds. The Bertz CT molecular complexity index is 335. The van der Waals surface area contributed by atoms with Crippen molar-refractivity contribution in [2.75, 3.05) is 26.6 Å². The molecule has 1 rings (SSSR count). The van der Waals surface area contributed by atoms with E-state index in [9.17, 15) is 4.79 Å². The maximum atomic E-state index is 10.7. The molecule has 1 heterocycles. The summed E-state index contributed by atoms with van der Waals surface area (Å²) in [6, 6.07) is 0. The van der Waals surface area contributed by atoms with Crippen molar-refractivity contribution in [3.63, 3.8) is 0 Å². The molecule has 1 unspecified atom stereocenters. The molecule has 0 aromatic rings. The molecule has 1 aliphatic heterocycles. The number of ether oxygens (including phenoxy) is 4. The summed E-state index contributed by atoms with van der Waals surface area (Å²) in [5.74, 6) is 0. The fourth-order valence-electron chi connectivity index (χ4n) is 3.32. The Kier molecular flexibility index (Phi) is 16.6. The normalized spacial score (nSPS) is 16.5. The third-order valence-corrected chi connectivity index (χ3v) is 5.01. The fourth-order valence-corrected chi connectivity index (χ4v) is 3.32. The lowest BCUT2D eigenvalue weighted by molar-refractivity contribution is -0.0748. The van der Waals surface area contributed by atoms with E-state index in [2.05, 4.69) is 11.7 Å². The number of hydrogen-bond donors (Lipinski definition) is 0. The van der Waals surface area contributed by atoms with Crippen LogP contribution in [0.5, 0.6) is 0 Å². The van der Waals surface area contributed by atoms with Gasteiger partial charge in [-0.05, 0) is 6.42 Å². The van der Waals surface area contributed by atoms with Crippen LogP contribution in [0.15, 0.2) is 0 Å². The number of unbranched alkanes of at least 4 members (excludes halogenated alkanes) is 14. The van der Waals surface area contributed by atoms with E-state index in [1.807, 2.05) is 0 Å². The lowest BCUT2D eigenvalue weighted by atomic mass is 10.0. The van der Waals surface area contributed by atoms with Gasteiger partial charge in [-0.2, -0.15) is 0 Å². The van der Waals surface area contributed by atoms with Crippen LogP contribution >= 0.6 is 0 Å². The van der Waals surface area contributed by atoms with Gasteiger partial charge in [-0.15, -0.1) is 0 Å². The van der Waals surface area contributed by atoms with Crippen LogP contribution < -0.4 is 0 Å². The zero-order valence-electron chi connectivity index (χ0n) is 17.6. The molecule has 0 bridgehead atoms. The summed E-state index contributed by atoms with van der Waals surface area (Å²) in [6.45, 7) is 3.88. The van der Waals surface area contributed by atoms with E-state index in [1.54, 1.807) is 0 Å². The number of cyclic esters (lactones) is 2. The molecule has 0 radical (unpaired) electrons. The monoisotopic (exact) mass is 386 g/mol. The maximum absolute atomic E-state index is 10.7. The van der Waals surface area contributed by atoms with E-state index in [0.717, 1.165) is 13.0 Å². The van der Waals surface area contributed by atoms with Gasteiger partial charge in [0.25, 0.3) is 0 Å². The average Bonchev–Trinajstić information content (AvgIpc) is 3.09. The van der Waals surface area contributed by atoms with Crippen molar-refractivity contribution in [3.05, 3.63) is 0 Å². The molecule has 0 aromatic heterocycles. The molecule has 0 spiro atoms. The van der Waals surface area contributed by atoms with Gasteiger partial charge in [-0.1, -0.05) is 96.8 Å². The maximum Gasteiger partial charge on any atom is 0.508 e. The average molecular weight is 387 g/mol. The molecule has 0 aliphatic carbocycles. The smallest absolute Gasteiger partial charge is 0.430 e. The Morgan fingerprint density at radius 1 is 0.778 bits per heavy atom. The molecule has 160 valence electrons. The predicted molar refractivity (Wildman–Crippen MR) is 108 cm³/mol. The Morgan fingerprint density at radius 3 is 1.78 bits per heavy atom. The lowest BCUT2D eigenvalue weighted by Crippen LogP contribution is -2.19. The molecule has 1 atom stereocenters. The number of carbonyl (C=O) groups excluding carboxylic acids is 1. The largest absolute Gasteiger partial charge is 0.508 e. The Balaban J connectivity index is 1.65. The van der Waals surface area contributed by atoms with Gasteiger partial charge in [-0.3, -0.25) is 0 Å². The first-order valence-electron chi connectivity index (χ1n) is 11.3. The zero-order chi connectivity index (χ0) is 19.4. The first-order valence-corrected chi connectivity index (χ1v) is 11.3. The standard InChI is InChI=1S/C22H42O5/c1-2-3-4-5-6-7-8-9-10-11-12-13-14-15-16-17-24-20-25-18-21-19-26-22(23)27-21/h21H,2-20H2,1H3. The summed E-state index contributed by atoms with van der Waals surface area (Å²) >= 11 is 0. The van der Waals surface area contributed by atoms with Gasteiger partial charge in [0.05, 0.1) is 6.61 Å². The van der Waals surface area contributed by atoms with Crippen molar-refractivity contribution >= 4 is 6.16 Å². The van der Waals surface area contributed by atoms with Crippen molar-refractivity contribution in [1.82, 2.24) is 0 Å². The van der Waals surface area contributed by atoms with Gasteiger partial charge in [0.15, 0.2) is 6.10 Å². The van der Waals surface area contributed by atoms with Gasteiger partial charge in [0, 0.05) is 6.61 Å². The third kappa shape index (κ3) is 15.9. The van der Waals surface area contributed by atoms with E-state index >= 15 is 0 Å². The lowest BCUT2D eigenvalue weighted by Gasteiger charge is -2.08. The molecule has 5 heteroatoms. The first-order chi connectivity index (χ1) is 13.3. The summed E-state index contributed by atoms with van der Waals surface area (Å²) < 4.78 is 20.3. The molecule has 0 aromatic carbocycles. The van der Waals surface area contributed by atoms with Crippen molar-refractivity contribution < 1.29 is 23.7 Å². The highest BCUT2D eigenvalue weighted by Gasteiger charge is 2.24. The quantitative estimate of drug-likeness (QED) is 0.138. The number of carbonyl (C=O) groups is 1. The molecule has 1 fully saturated rings. The highest BCUT2D eigenvalue weighted by Crippen LogP contribution is 2.13. The highest BCUT2D eigenvalue weighted by molar-refractivity contribution is 5.61. The SMILES string of the molecule is CCCCCCCCCCCCCCCCCOCOCC1COC(=O)O1. The Morgan fingerprint density at radius 2 is 1.30 bits per heavy atom. The van der Waals surface area contributed by atoms with Gasteiger partial charge >= 0.3 is 6.16 Å². The van der Waals surface area contributed by atoms with E-state index < -0.39 is 6.16 Å². The van der Waals surface area contributed by atoms with Gasteiger partial charge in [-0.25, -0.2) is 4.79 Å². The van der Waals surface area contributed by atoms with Crippen LogP contribution in [0.25, 0.3) is 0 Å². The van der Waals surface area contributed by atoms with Crippen LogP contribution in [0.3, 0.4) is 0 Å². The van der Waals surface area contributed by atoms with Crippen molar-refractivity contribution in [1.29, 1.82) is 0 Å². The number of rotatable bonds is 20. The molecule has 27 heavy (non-hydrogen) atoms. The molecule has 0 N–H and O–H groups in total. The molecular weight excluding hydrogens is 344 g/mol. The minimum absolute atomic E-state index is 0.257. The van der Waals surface area contributed by atoms with E-state index in [1.165, 1.54) is 89.9 Å². The molecule has 1 aliphatic rings. The zero-order valence-corrected chi connectivity index (χ0v) is 17.6. The van der Waals surface area contributed by atoms with Gasteiger partial charge in [0.1, 0.15) is 13.4 Å². The molecule has 5 nitrogen and oxygen atoms in total. The van der Waals surface area contributed by atoms with Crippen LogP contribution in [-0.4, -0.2) is 38.9 Å². The second kappa shape index (κ2) is 18.5. The van der Waals surface area contributed by atoms with E-state index in [0.29, 0.717) is 6.61 Å². The summed E-state index contributed by atoms with van der Waals surface area (Å²) in [6.07, 6.45) is 19.6. The number of hydrogen-bond acceptors (Lipinski definition) is 5. The minimum Gasteiger partial charge on any atom is -0.430 e. The molecular formula is C22H42O5. The minimum atomic E-state index is -0.609. The van der Waals surface area contributed by atoms with Crippen molar-refractivity contribution in [2.24, 2.45) is 0 Å². The Labute approximate surface area is 166 Å². The predicted octanol–water partition coefficient (Wildman–Crippen LogP) is 6.38. The molecule has 1 saturated heterocycles. The molecule has 0 saturated carbocycles. The first kappa shape index (κ1) is 24.2. The van der Waals surface area contributed by atoms with Crippen LogP contribution in [0.2, 0.25) is 0 Å². The third-order valence-electron chi connectivity index (χ3n) is 5.01. The van der Waals surface area contributed by atoms with Crippen LogP contribution in [0.4, 0.5) is 4.79 Å². The van der Waals surface area contributed by atoms with Crippen LogP contribution in [-0.2, 0) is 18.9 Å². The summed E-state index contributed by atoms with van der Waals surface area (Å²) in [4.78, 5) is 10.7. The fraction of sp³-hybridized carbons (Fsp3) is 0.955. The summed E-state index contributed by atoms with van der Waals surface area (Å²) in [5.41, 5.74) is 0. The Hall–Kier alpha value is -0.810. The van der Waals surface area contributed by atoms with Crippen LogP contribution in [0.1, 0.15) is 103 Å².